The fraction of sp³-hybridized carbons (Fsp3) is 0.200. The quantitative estimate of drug-likeness (QED) is 0.631. The Bertz CT molecular complexity index is 567. The van der Waals surface area contributed by atoms with Crippen molar-refractivity contribution in [2.24, 2.45) is 0 Å². The van der Waals surface area contributed by atoms with Crippen molar-refractivity contribution in [3.63, 3.8) is 0 Å². The van der Waals surface area contributed by atoms with E-state index in [9.17, 15) is 4.79 Å². The zero-order valence-corrected chi connectivity index (χ0v) is 11.4. The second-order valence-electron chi connectivity index (χ2n) is 3.95. The topological polar surface area (TPSA) is 39.2 Å². The number of benzene rings is 1. The molecule has 0 fully saturated rings. The highest BCUT2D eigenvalue weighted by Gasteiger charge is 2.14. The highest BCUT2D eigenvalue weighted by atomic mass is 35.5. The summed E-state index contributed by atoms with van der Waals surface area (Å²) >= 11 is 5.76. The van der Waals surface area contributed by atoms with Crippen LogP contribution in [0.15, 0.2) is 42.6 Å². The molecule has 1 aromatic heterocycles. The van der Waals surface area contributed by atoms with Crippen LogP contribution in [0.25, 0.3) is 11.3 Å². The van der Waals surface area contributed by atoms with E-state index in [1.54, 1.807) is 25.3 Å². The van der Waals surface area contributed by atoms with Crippen LogP contribution in [0.5, 0.6) is 0 Å². The lowest BCUT2D eigenvalue weighted by Gasteiger charge is -2.08. The van der Waals surface area contributed by atoms with Crippen LogP contribution in [0.3, 0.4) is 0 Å². The van der Waals surface area contributed by atoms with Gasteiger partial charge in [0.25, 0.3) is 0 Å². The number of alkyl halides is 1. The molecule has 0 unspecified atom stereocenters. The average molecular weight is 276 g/mol. The first-order chi connectivity index (χ1) is 9.26. The van der Waals surface area contributed by atoms with Crippen LogP contribution in [-0.2, 0) is 10.6 Å². The molecule has 0 amide bonds. The van der Waals surface area contributed by atoms with Gasteiger partial charge in [0, 0.05) is 17.6 Å². The SMILES string of the molecule is CCOC(=O)c1cccnc1-c1ccc(CCl)cc1. The van der Waals surface area contributed by atoms with Gasteiger partial charge in [-0.3, -0.25) is 4.98 Å². The van der Waals surface area contributed by atoms with Crippen LogP contribution in [0.2, 0.25) is 0 Å². The number of hydrogen-bond acceptors (Lipinski definition) is 3. The molecule has 0 radical (unpaired) electrons. The Hall–Kier alpha value is -1.87. The second-order valence-corrected chi connectivity index (χ2v) is 4.22. The Morgan fingerprint density at radius 1 is 1.26 bits per heavy atom. The fourth-order valence-electron chi connectivity index (χ4n) is 1.76. The molecule has 1 aromatic carbocycles. The molecular formula is C15H14ClNO2. The zero-order valence-electron chi connectivity index (χ0n) is 10.6. The smallest absolute Gasteiger partial charge is 0.340 e. The second kappa shape index (κ2) is 6.34. The van der Waals surface area contributed by atoms with Gasteiger partial charge in [0.2, 0.25) is 0 Å². The number of halogens is 1. The summed E-state index contributed by atoms with van der Waals surface area (Å²) in [5.74, 6) is 0.111. The predicted molar refractivity (Wildman–Crippen MR) is 75.2 cm³/mol. The molecule has 3 nitrogen and oxygen atoms in total. The summed E-state index contributed by atoms with van der Waals surface area (Å²) in [6, 6.07) is 11.1. The molecule has 1 heterocycles. The maximum Gasteiger partial charge on any atom is 0.340 e. The lowest BCUT2D eigenvalue weighted by Crippen LogP contribution is -2.07. The molecule has 98 valence electrons. The van der Waals surface area contributed by atoms with E-state index in [4.69, 9.17) is 16.3 Å². The van der Waals surface area contributed by atoms with E-state index in [1.165, 1.54) is 0 Å². The van der Waals surface area contributed by atoms with E-state index in [0.717, 1.165) is 11.1 Å². The van der Waals surface area contributed by atoms with E-state index in [-0.39, 0.29) is 5.97 Å². The molecule has 4 heteroatoms. The third-order valence-corrected chi connectivity index (χ3v) is 2.99. The van der Waals surface area contributed by atoms with Gasteiger partial charge in [-0.2, -0.15) is 0 Å². The molecule has 0 aliphatic rings. The molecule has 0 aliphatic heterocycles. The first kappa shape index (κ1) is 13.6. The van der Waals surface area contributed by atoms with Crippen molar-refractivity contribution in [1.29, 1.82) is 0 Å². The molecule has 0 N–H and O–H groups in total. The van der Waals surface area contributed by atoms with Crippen LogP contribution < -0.4 is 0 Å². The number of ether oxygens (including phenoxy) is 1. The van der Waals surface area contributed by atoms with Gasteiger partial charge in [-0.15, -0.1) is 11.6 Å². The maximum absolute atomic E-state index is 11.9. The van der Waals surface area contributed by atoms with E-state index in [2.05, 4.69) is 4.98 Å². The molecule has 2 rings (SSSR count). The maximum atomic E-state index is 11.9. The van der Waals surface area contributed by atoms with Crippen LogP contribution in [0.1, 0.15) is 22.8 Å². The molecular weight excluding hydrogens is 262 g/mol. The minimum Gasteiger partial charge on any atom is -0.462 e. The predicted octanol–water partition coefficient (Wildman–Crippen LogP) is 3.66. The van der Waals surface area contributed by atoms with Crippen LogP contribution in [0, 0.1) is 0 Å². The number of pyridine rings is 1. The number of hydrogen-bond donors (Lipinski definition) is 0. The minimum atomic E-state index is -0.355. The highest BCUT2D eigenvalue weighted by molar-refractivity contribution is 6.17. The lowest BCUT2D eigenvalue weighted by molar-refractivity contribution is 0.0527. The van der Waals surface area contributed by atoms with Crippen molar-refractivity contribution in [3.8, 4) is 11.3 Å². The summed E-state index contributed by atoms with van der Waals surface area (Å²) in [5, 5.41) is 0. The summed E-state index contributed by atoms with van der Waals surface area (Å²) in [6.07, 6.45) is 1.66. The molecule has 2 aromatic rings. The number of aromatic nitrogens is 1. The summed E-state index contributed by atoms with van der Waals surface area (Å²) in [5.41, 5.74) is 3.00. The van der Waals surface area contributed by atoms with Gasteiger partial charge in [0.1, 0.15) is 0 Å². The third-order valence-electron chi connectivity index (χ3n) is 2.68. The average Bonchev–Trinajstić information content (AvgIpc) is 2.47. The molecule has 0 bridgehead atoms. The Labute approximate surface area is 117 Å². The first-order valence-corrected chi connectivity index (χ1v) is 6.57. The zero-order chi connectivity index (χ0) is 13.7. The summed E-state index contributed by atoms with van der Waals surface area (Å²) in [7, 11) is 0. The van der Waals surface area contributed by atoms with E-state index in [0.29, 0.717) is 23.7 Å². The molecule has 0 spiro atoms. The van der Waals surface area contributed by atoms with Gasteiger partial charge >= 0.3 is 5.97 Å². The van der Waals surface area contributed by atoms with Gasteiger partial charge in [0.05, 0.1) is 17.9 Å². The van der Waals surface area contributed by atoms with Crippen molar-refractivity contribution in [2.75, 3.05) is 6.61 Å². The van der Waals surface area contributed by atoms with Gasteiger partial charge in [-0.25, -0.2) is 4.79 Å². The van der Waals surface area contributed by atoms with Crippen molar-refractivity contribution in [2.45, 2.75) is 12.8 Å². The standard InChI is InChI=1S/C15H14ClNO2/c1-2-19-15(18)13-4-3-9-17-14(13)12-7-5-11(10-16)6-8-12/h3-9H,2,10H2,1H3. The summed E-state index contributed by atoms with van der Waals surface area (Å²) in [6.45, 7) is 2.13. The lowest BCUT2D eigenvalue weighted by atomic mass is 10.0. The van der Waals surface area contributed by atoms with Crippen LogP contribution >= 0.6 is 11.6 Å². The Morgan fingerprint density at radius 3 is 2.63 bits per heavy atom. The number of esters is 1. The number of carbonyl (C=O) groups excluding carboxylic acids is 1. The van der Waals surface area contributed by atoms with Gasteiger partial charge in [-0.1, -0.05) is 24.3 Å². The highest BCUT2D eigenvalue weighted by Crippen LogP contribution is 2.22. The van der Waals surface area contributed by atoms with Crippen LogP contribution in [-0.4, -0.2) is 17.6 Å². The van der Waals surface area contributed by atoms with Crippen molar-refractivity contribution in [1.82, 2.24) is 4.98 Å². The van der Waals surface area contributed by atoms with E-state index >= 15 is 0 Å². The van der Waals surface area contributed by atoms with E-state index in [1.807, 2.05) is 24.3 Å². The largest absolute Gasteiger partial charge is 0.462 e. The first-order valence-electron chi connectivity index (χ1n) is 6.03. The molecule has 0 aliphatic carbocycles. The summed E-state index contributed by atoms with van der Waals surface area (Å²) < 4.78 is 5.03. The number of rotatable bonds is 4. The normalized spacial score (nSPS) is 10.2. The Balaban J connectivity index is 2.40. The van der Waals surface area contributed by atoms with Crippen molar-refractivity contribution < 1.29 is 9.53 Å². The minimum absolute atomic E-state index is 0.346. The molecule has 19 heavy (non-hydrogen) atoms. The Morgan fingerprint density at radius 2 is 2.00 bits per heavy atom. The number of nitrogens with zero attached hydrogens (tertiary/aromatic N) is 1. The number of carbonyl (C=O) groups is 1. The van der Waals surface area contributed by atoms with Gasteiger partial charge in [0.15, 0.2) is 0 Å². The Kier molecular flexibility index (Phi) is 4.53. The monoisotopic (exact) mass is 275 g/mol. The fourth-order valence-corrected chi connectivity index (χ4v) is 1.94. The summed E-state index contributed by atoms with van der Waals surface area (Å²) in [4.78, 5) is 16.2. The molecule has 0 atom stereocenters. The van der Waals surface area contributed by atoms with Gasteiger partial charge in [-0.05, 0) is 24.6 Å². The third kappa shape index (κ3) is 3.12. The van der Waals surface area contributed by atoms with Gasteiger partial charge < -0.3 is 4.74 Å². The van der Waals surface area contributed by atoms with Crippen LogP contribution in [0.4, 0.5) is 0 Å². The van der Waals surface area contributed by atoms with Crippen molar-refractivity contribution in [3.05, 3.63) is 53.7 Å². The molecule has 0 saturated heterocycles. The van der Waals surface area contributed by atoms with Crippen molar-refractivity contribution >= 4 is 17.6 Å². The van der Waals surface area contributed by atoms with E-state index < -0.39 is 0 Å². The molecule has 0 saturated carbocycles.